The minimum atomic E-state index is 0.842. The molecule has 15 heavy (non-hydrogen) atoms. The molecule has 0 radical (unpaired) electrons. The Bertz CT molecular complexity index is 485. The molecule has 3 rings (SSSR count). The van der Waals surface area contributed by atoms with Crippen molar-refractivity contribution < 1.29 is 0 Å². The third-order valence-corrected chi connectivity index (χ3v) is 2.47. The lowest BCUT2D eigenvalue weighted by Gasteiger charge is -2.13. The molecule has 0 aromatic carbocycles. The van der Waals surface area contributed by atoms with Gasteiger partial charge in [-0.25, -0.2) is 0 Å². The summed E-state index contributed by atoms with van der Waals surface area (Å²) in [7, 11) is 0. The summed E-state index contributed by atoms with van der Waals surface area (Å²) in [6, 6.07) is 3.95. The average Bonchev–Trinajstić information content (AvgIpc) is 2.48. The van der Waals surface area contributed by atoms with Gasteiger partial charge in [0, 0.05) is 18.3 Å². The van der Waals surface area contributed by atoms with Crippen molar-refractivity contribution in [3.05, 3.63) is 41.4 Å². The van der Waals surface area contributed by atoms with E-state index in [1.165, 1.54) is 0 Å². The molecule has 74 valence electrons. The summed E-state index contributed by atoms with van der Waals surface area (Å²) in [6.45, 7) is 0.842. The van der Waals surface area contributed by atoms with Crippen LogP contribution < -0.4 is 5.43 Å². The molecular formula is C11H10N4. The van der Waals surface area contributed by atoms with Gasteiger partial charge in [0.1, 0.15) is 0 Å². The number of hydrogen-bond donors (Lipinski definition) is 1. The Kier molecular flexibility index (Phi) is 1.84. The van der Waals surface area contributed by atoms with Gasteiger partial charge in [-0.15, -0.1) is 0 Å². The van der Waals surface area contributed by atoms with Gasteiger partial charge in [0.15, 0.2) is 0 Å². The first kappa shape index (κ1) is 8.35. The molecule has 1 N–H and O–H groups in total. The number of dihydropyridines is 1. The van der Waals surface area contributed by atoms with Crippen molar-refractivity contribution in [2.24, 2.45) is 10.1 Å². The minimum absolute atomic E-state index is 0.842. The Morgan fingerprint density at radius 3 is 3.33 bits per heavy atom. The third-order valence-electron chi connectivity index (χ3n) is 2.47. The highest BCUT2D eigenvalue weighted by atomic mass is 15.3. The molecule has 1 aromatic rings. The lowest BCUT2D eigenvalue weighted by Crippen LogP contribution is -2.18. The van der Waals surface area contributed by atoms with Crippen LogP contribution in [0.25, 0.3) is 0 Å². The highest BCUT2D eigenvalue weighted by molar-refractivity contribution is 6.16. The lowest BCUT2D eigenvalue weighted by molar-refractivity contribution is 0.887. The van der Waals surface area contributed by atoms with Crippen LogP contribution in [0.15, 0.2) is 40.2 Å². The van der Waals surface area contributed by atoms with Crippen molar-refractivity contribution in [3.8, 4) is 0 Å². The molecule has 2 aliphatic heterocycles. The molecular weight excluding hydrogens is 188 g/mol. The quantitative estimate of drug-likeness (QED) is 0.678. The fourth-order valence-corrected chi connectivity index (χ4v) is 1.78. The first-order chi connectivity index (χ1) is 7.45. The molecule has 1 aromatic heterocycles. The molecule has 4 heteroatoms. The van der Waals surface area contributed by atoms with Gasteiger partial charge in [-0.1, -0.05) is 6.08 Å². The van der Waals surface area contributed by atoms with Crippen molar-refractivity contribution in [2.45, 2.75) is 6.42 Å². The fraction of sp³-hybridized carbons (Fsp3) is 0.182. The summed E-state index contributed by atoms with van der Waals surface area (Å²) >= 11 is 0. The topological polar surface area (TPSA) is 49.6 Å². The zero-order valence-electron chi connectivity index (χ0n) is 8.14. The highest BCUT2D eigenvalue weighted by Gasteiger charge is 2.17. The smallest absolute Gasteiger partial charge is 0.0924 e. The second-order valence-corrected chi connectivity index (χ2v) is 3.44. The van der Waals surface area contributed by atoms with Gasteiger partial charge < -0.3 is 0 Å². The van der Waals surface area contributed by atoms with Crippen LogP contribution in [0.2, 0.25) is 0 Å². The molecule has 0 aliphatic carbocycles. The van der Waals surface area contributed by atoms with Crippen LogP contribution in [0.5, 0.6) is 0 Å². The summed E-state index contributed by atoms with van der Waals surface area (Å²) in [6.07, 6.45) is 6.60. The predicted molar refractivity (Wildman–Crippen MR) is 59.1 cm³/mol. The molecule has 0 fully saturated rings. The third kappa shape index (κ3) is 1.34. The molecule has 4 nitrogen and oxygen atoms in total. The summed E-state index contributed by atoms with van der Waals surface area (Å²) in [5, 5.41) is 4.11. The standard InChI is InChI=1S/C11H10N4/c1-3-8-10(12-5-1)7-14-15-9-4-2-6-13-11(8)9/h1,3-5,7,15H,2,6H2. The van der Waals surface area contributed by atoms with E-state index >= 15 is 0 Å². The first-order valence-corrected chi connectivity index (χ1v) is 4.94. The molecule has 0 amide bonds. The van der Waals surface area contributed by atoms with E-state index in [0.717, 1.165) is 35.6 Å². The zero-order chi connectivity index (χ0) is 10.1. The lowest BCUT2D eigenvalue weighted by atomic mass is 10.0. The summed E-state index contributed by atoms with van der Waals surface area (Å²) < 4.78 is 0. The monoisotopic (exact) mass is 198 g/mol. The normalized spacial score (nSPS) is 17.9. The maximum absolute atomic E-state index is 4.52. The number of aliphatic imine (C=N–C) groups is 1. The summed E-state index contributed by atoms with van der Waals surface area (Å²) in [5.41, 5.74) is 6.88. The number of hydrazone groups is 1. The SMILES string of the molecule is C1=NNC2=CCCN=C2c2cccnc21. The Morgan fingerprint density at radius 1 is 1.33 bits per heavy atom. The molecule has 2 aliphatic rings. The van der Waals surface area contributed by atoms with Gasteiger partial charge in [-0.05, 0) is 18.6 Å². The van der Waals surface area contributed by atoms with Gasteiger partial charge in [-0.3, -0.25) is 15.4 Å². The molecule has 0 bridgehead atoms. The van der Waals surface area contributed by atoms with Crippen molar-refractivity contribution in [2.75, 3.05) is 6.54 Å². The van der Waals surface area contributed by atoms with Crippen molar-refractivity contribution >= 4 is 11.9 Å². The van der Waals surface area contributed by atoms with Crippen LogP contribution in [0.1, 0.15) is 17.7 Å². The molecule has 0 saturated heterocycles. The molecule has 0 unspecified atom stereocenters. The van der Waals surface area contributed by atoms with E-state index in [2.05, 4.69) is 26.6 Å². The van der Waals surface area contributed by atoms with Crippen molar-refractivity contribution in [1.29, 1.82) is 0 Å². The predicted octanol–water partition coefficient (Wildman–Crippen LogP) is 1.10. The van der Waals surface area contributed by atoms with Gasteiger partial charge in [0.2, 0.25) is 0 Å². The first-order valence-electron chi connectivity index (χ1n) is 4.94. The number of pyridine rings is 1. The highest BCUT2D eigenvalue weighted by Crippen LogP contribution is 2.16. The van der Waals surface area contributed by atoms with E-state index in [1.807, 2.05) is 12.1 Å². The van der Waals surface area contributed by atoms with Crippen LogP contribution in [0.4, 0.5) is 0 Å². The van der Waals surface area contributed by atoms with Crippen LogP contribution in [0, 0.1) is 0 Å². The van der Waals surface area contributed by atoms with Crippen molar-refractivity contribution in [1.82, 2.24) is 10.4 Å². The maximum Gasteiger partial charge on any atom is 0.0924 e. The average molecular weight is 198 g/mol. The number of hydrogen-bond acceptors (Lipinski definition) is 4. The maximum atomic E-state index is 4.52. The van der Waals surface area contributed by atoms with Crippen molar-refractivity contribution in [3.63, 3.8) is 0 Å². The number of allylic oxidation sites excluding steroid dienone is 1. The molecule has 3 heterocycles. The number of aromatic nitrogens is 1. The van der Waals surface area contributed by atoms with Gasteiger partial charge in [0.05, 0.1) is 23.3 Å². The van der Waals surface area contributed by atoms with Crippen LogP contribution in [0.3, 0.4) is 0 Å². The second-order valence-electron chi connectivity index (χ2n) is 3.44. The summed E-state index contributed by atoms with van der Waals surface area (Å²) in [4.78, 5) is 8.79. The van der Waals surface area contributed by atoms with Gasteiger partial charge in [0.25, 0.3) is 0 Å². The minimum Gasteiger partial charge on any atom is -0.282 e. The molecule has 0 saturated carbocycles. The Morgan fingerprint density at radius 2 is 2.33 bits per heavy atom. The number of nitrogens with one attached hydrogen (secondary N) is 1. The Balaban J connectivity index is 2.21. The number of nitrogens with zero attached hydrogens (tertiary/aromatic N) is 3. The van der Waals surface area contributed by atoms with Gasteiger partial charge in [-0.2, -0.15) is 5.10 Å². The van der Waals surface area contributed by atoms with Gasteiger partial charge >= 0.3 is 0 Å². The Labute approximate surface area is 87.5 Å². The van der Waals surface area contributed by atoms with E-state index in [4.69, 9.17) is 0 Å². The van der Waals surface area contributed by atoms with E-state index < -0.39 is 0 Å². The van der Waals surface area contributed by atoms with E-state index in [0.29, 0.717) is 0 Å². The van der Waals surface area contributed by atoms with Crippen LogP contribution >= 0.6 is 0 Å². The number of fused-ring (bicyclic) bond motifs is 3. The molecule has 0 spiro atoms. The second kappa shape index (κ2) is 3.31. The van der Waals surface area contributed by atoms with Crippen LogP contribution in [-0.4, -0.2) is 23.5 Å². The number of rotatable bonds is 0. The van der Waals surface area contributed by atoms with E-state index in [-0.39, 0.29) is 0 Å². The fourth-order valence-electron chi connectivity index (χ4n) is 1.78. The Hall–Kier alpha value is -1.97. The zero-order valence-corrected chi connectivity index (χ0v) is 8.14. The van der Waals surface area contributed by atoms with Crippen LogP contribution in [-0.2, 0) is 0 Å². The summed E-state index contributed by atoms with van der Waals surface area (Å²) in [5.74, 6) is 0. The van der Waals surface area contributed by atoms with E-state index in [9.17, 15) is 0 Å². The largest absolute Gasteiger partial charge is 0.282 e. The molecule has 0 atom stereocenters. The van der Waals surface area contributed by atoms with E-state index in [1.54, 1.807) is 12.4 Å².